The molecule has 3 nitrogen and oxygen atoms in total. The van der Waals surface area contributed by atoms with E-state index in [0.717, 1.165) is 28.8 Å². The molecule has 4 heteroatoms. The Hall–Kier alpha value is -1.81. The predicted molar refractivity (Wildman–Crippen MR) is 98.3 cm³/mol. The molecule has 1 amide bonds. The molecule has 0 saturated heterocycles. The molecule has 0 saturated carbocycles. The van der Waals surface area contributed by atoms with Crippen molar-refractivity contribution in [3.63, 3.8) is 0 Å². The summed E-state index contributed by atoms with van der Waals surface area (Å²) in [5, 5.41) is 0. The third-order valence-electron chi connectivity index (χ3n) is 3.56. The number of unbranched alkanes of at least 4 members (excludes halogenated alkanes) is 1. The van der Waals surface area contributed by atoms with Gasteiger partial charge in [-0.15, -0.1) is 0 Å². The average molecular weight is 376 g/mol. The largest absolute Gasteiger partial charge is 0.492 e. The Morgan fingerprint density at radius 2 is 1.87 bits per heavy atom. The highest BCUT2D eigenvalue weighted by Gasteiger charge is 2.17. The minimum atomic E-state index is -0.0143. The molecule has 122 valence electrons. The summed E-state index contributed by atoms with van der Waals surface area (Å²) in [5.74, 6) is 0.761. The number of para-hydroxylation sites is 1. The number of carbonyl (C=O) groups excluding carboxylic acids is 1. The fourth-order valence-electron chi connectivity index (χ4n) is 2.28. The van der Waals surface area contributed by atoms with Crippen LogP contribution in [0.4, 0.5) is 5.69 Å². The normalized spacial score (nSPS) is 10.4. The van der Waals surface area contributed by atoms with E-state index in [-0.39, 0.29) is 5.91 Å². The van der Waals surface area contributed by atoms with Gasteiger partial charge in [-0.1, -0.05) is 31.5 Å². The van der Waals surface area contributed by atoms with E-state index in [4.69, 9.17) is 4.74 Å². The Kier molecular flexibility index (Phi) is 6.66. The molecule has 0 fully saturated rings. The number of hydrogen-bond donors (Lipinski definition) is 0. The minimum absolute atomic E-state index is 0.0143. The van der Waals surface area contributed by atoms with Crippen molar-refractivity contribution in [3.8, 4) is 5.75 Å². The van der Waals surface area contributed by atoms with Gasteiger partial charge >= 0.3 is 0 Å². The van der Waals surface area contributed by atoms with E-state index in [1.54, 1.807) is 4.90 Å². The van der Waals surface area contributed by atoms with Crippen molar-refractivity contribution in [2.75, 3.05) is 18.1 Å². The molecule has 0 aliphatic heterocycles. The summed E-state index contributed by atoms with van der Waals surface area (Å²) in [4.78, 5) is 14.5. The number of amides is 1. The van der Waals surface area contributed by atoms with E-state index in [1.165, 1.54) is 0 Å². The van der Waals surface area contributed by atoms with Crippen molar-refractivity contribution in [2.24, 2.45) is 0 Å². The molecule has 0 unspecified atom stereocenters. The van der Waals surface area contributed by atoms with Crippen molar-refractivity contribution in [2.45, 2.75) is 26.7 Å². The number of halogens is 1. The van der Waals surface area contributed by atoms with Crippen molar-refractivity contribution >= 4 is 27.5 Å². The van der Waals surface area contributed by atoms with Gasteiger partial charge in [-0.25, -0.2) is 0 Å². The van der Waals surface area contributed by atoms with Gasteiger partial charge in [0, 0.05) is 17.8 Å². The number of carbonyl (C=O) groups is 1. The van der Waals surface area contributed by atoms with Crippen LogP contribution in [0.5, 0.6) is 5.75 Å². The molecule has 2 aromatic rings. The Labute approximate surface area is 146 Å². The second-order valence-electron chi connectivity index (χ2n) is 5.23. The number of nitrogens with zero attached hydrogens (tertiary/aromatic N) is 1. The van der Waals surface area contributed by atoms with Gasteiger partial charge in [-0.3, -0.25) is 4.79 Å². The predicted octanol–water partition coefficient (Wildman–Crippen LogP) is 5.29. The van der Waals surface area contributed by atoms with Gasteiger partial charge in [0.1, 0.15) is 5.75 Å². The molecule has 23 heavy (non-hydrogen) atoms. The zero-order valence-corrected chi connectivity index (χ0v) is 15.2. The van der Waals surface area contributed by atoms with Crippen molar-refractivity contribution in [1.82, 2.24) is 0 Å². The Bertz CT molecular complexity index is 643. The van der Waals surface area contributed by atoms with Crippen LogP contribution < -0.4 is 9.64 Å². The van der Waals surface area contributed by atoms with Crippen LogP contribution in [0, 0.1) is 0 Å². The minimum Gasteiger partial charge on any atom is -0.492 e. The van der Waals surface area contributed by atoms with Gasteiger partial charge in [0.05, 0.1) is 11.1 Å². The molecule has 0 aliphatic rings. The number of anilines is 1. The van der Waals surface area contributed by atoms with Gasteiger partial charge in [0.2, 0.25) is 0 Å². The SMILES string of the molecule is CCCCOc1ccc(C(=O)N(CC)c2ccccc2)cc1Br. The van der Waals surface area contributed by atoms with Crippen molar-refractivity contribution in [1.29, 1.82) is 0 Å². The maximum atomic E-state index is 12.8. The first-order chi connectivity index (χ1) is 11.2. The topological polar surface area (TPSA) is 29.5 Å². The standard InChI is InChI=1S/C19H22BrNO2/c1-3-5-13-23-18-12-11-15(14-17(18)20)19(22)21(4-2)16-9-7-6-8-10-16/h6-12,14H,3-5,13H2,1-2H3. The molecule has 0 atom stereocenters. The van der Waals surface area contributed by atoms with E-state index in [9.17, 15) is 4.79 Å². The summed E-state index contributed by atoms with van der Waals surface area (Å²) in [7, 11) is 0. The summed E-state index contributed by atoms with van der Waals surface area (Å²) in [6.45, 7) is 5.41. The van der Waals surface area contributed by atoms with Gasteiger partial charge in [0.25, 0.3) is 5.91 Å². The summed E-state index contributed by atoms with van der Waals surface area (Å²) >= 11 is 3.50. The van der Waals surface area contributed by atoms with Crippen molar-refractivity contribution in [3.05, 3.63) is 58.6 Å². The van der Waals surface area contributed by atoms with Crippen LogP contribution in [0.25, 0.3) is 0 Å². The summed E-state index contributed by atoms with van der Waals surface area (Å²) in [6.07, 6.45) is 2.11. The van der Waals surface area contributed by atoms with Gasteiger partial charge in [-0.05, 0) is 59.6 Å². The Balaban J connectivity index is 2.17. The van der Waals surface area contributed by atoms with E-state index >= 15 is 0 Å². The molecule has 0 heterocycles. The lowest BCUT2D eigenvalue weighted by Gasteiger charge is -2.21. The zero-order valence-electron chi connectivity index (χ0n) is 13.6. The monoisotopic (exact) mass is 375 g/mol. The van der Waals surface area contributed by atoms with Crippen molar-refractivity contribution < 1.29 is 9.53 Å². The number of rotatable bonds is 7. The van der Waals surface area contributed by atoms with E-state index < -0.39 is 0 Å². The van der Waals surface area contributed by atoms with Gasteiger partial charge in [0.15, 0.2) is 0 Å². The first-order valence-electron chi connectivity index (χ1n) is 7.96. The van der Waals surface area contributed by atoms with E-state index in [2.05, 4.69) is 22.9 Å². The maximum absolute atomic E-state index is 12.8. The first kappa shape index (κ1) is 17.5. The molecular formula is C19H22BrNO2. The average Bonchev–Trinajstić information content (AvgIpc) is 2.58. The molecule has 0 radical (unpaired) electrons. The molecule has 2 aromatic carbocycles. The Morgan fingerprint density at radius 1 is 1.13 bits per heavy atom. The lowest BCUT2D eigenvalue weighted by atomic mass is 10.1. The molecule has 0 spiro atoms. The number of benzene rings is 2. The van der Waals surface area contributed by atoms with Crippen LogP contribution in [-0.2, 0) is 0 Å². The third kappa shape index (κ3) is 4.58. The smallest absolute Gasteiger partial charge is 0.258 e. The number of ether oxygens (including phenoxy) is 1. The van der Waals surface area contributed by atoms with Crippen LogP contribution in [-0.4, -0.2) is 19.1 Å². The first-order valence-corrected chi connectivity index (χ1v) is 8.76. The van der Waals surface area contributed by atoms with Crippen LogP contribution in [0.15, 0.2) is 53.0 Å². The third-order valence-corrected chi connectivity index (χ3v) is 4.18. The second kappa shape index (κ2) is 8.73. The van der Waals surface area contributed by atoms with Crippen LogP contribution in [0.2, 0.25) is 0 Å². The molecule has 0 N–H and O–H groups in total. The summed E-state index contributed by atoms with van der Waals surface area (Å²) < 4.78 is 6.52. The molecular weight excluding hydrogens is 354 g/mol. The Morgan fingerprint density at radius 3 is 2.48 bits per heavy atom. The highest BCUT2D eigenvalue weighted by Crippen LogP contribution is 2.27. The lowest BCUT2D eigenvalue weighted by Crippen LogP contribution is -2.30. The second-order valence-corrected chi connectivity index (χ2v) is 6.09. The van der Waals surface area contributed by atoms with Crippen LogP contribution in [0.1, 0.15) is 37.0 Å². The highest BCUT2D eigenvalue weighted by atomic mass is 79.9. The molecule has 0 bridgehead atoms. The summed E-state index contributed by atoms with van der Waals surface area (Å²) in [5.41, 5.74) is 1.55. The summed E-state index contributed by atoms with van der Waals surface area (Å²) in [6, 6.07) is 15.2. The van der Waals surface area contributed by atoms with Crippen LogP contribution in [0.3, 0.4) is 0 Å². The van der Waals surface area contributed by atoms with Crippen LogP contribution >= 0.6 is 15.9 Å². The fourth-order valence-corrected chi connectivity index (χ4v) is 2.78. The molecule has 0 aromatic heterocycles. The maximum Gasteiger partial charge on any atom is 0.258 e. The van der Waals surface area contributed by atoms with Gasteiger partial charge in [-0.2, -0.15) is 0 Å². The zero-order chi connectivity index (χ0) is 16.7. The highest BCUT2D eigenvalue weighted by molar-refractivity contribution is 9.10. The van der Waals surface area contributed by atoms with E-state index in [0.29, 0.717) is 18.7 Å². The lowest BCUT2D eigenvalue weighted by molar-refractivity contribution is 0.0988. The number of hydrogen-bond acceptors (Lipinski definition) is 2. The molecule has 0 aliphatic carbocycles. The quantitative estimate of drug-likeness (QED) is 0.614. The molecule has 2 rings (SSSR count). The van der Waals surface area contributed by atoms with E-state index in [1.807, 2.05) is 55.5 Å². The van der Waals surface area contributed by atoms with Gasteiger partial charge < -0.3 is 9.64 Å². The fraction of sp³-hybridized carbons (Fsp3) is 0.316.